The van der Waals surface area contributed by atoms with Crippen LogP contribution in [-0.2, 0) is 4.79 Å². The fourth-order valence-corrected chi connectivity index (χ4v) is 4.77. The van der Waals surface area contributed by atoms with Gasteiger partial charge in [0.05, 0.1) is 18.3 Å². The van der Waals surface area contributed by atoms with Crippen molar-refractivity contribution in [2.24, 2.45) is 0 Å². The molecule has 5 heteroatoms. The van der Waals surface area contributed by atoms with E-state index in [4.69, 9.17) is 0 Å². The van der Waals surface area contributed by atoms with Gasteiger partial charge in [0.15, 0.2) is 0 Å². The van der Waals surface area contributed by atoms with Crippen LogP contribution < -0.4 is 4.90 Å². The van der Waals surface area contributed by atoms with Crippen LogP contribution in [0.15, 0.2) is 115 Å². The Hall–Kier alpha value is -3.80. The van der Waals surface area contributed by atoms with E-state index < -0.39 is 0 Å². The Morgan fingerprint density at radius 2 is 1.26 bits per heavy atom. The number of rotatable bonds is 7. The summed E-state index contributed by atoms with van der Waals surface area (Å²) in [5, 5.41) is 0. The first kappa shape index (κ1) is 23.0. The summed E-state index contributed by atoms with van der Waals surface area (Å²) in [5.41, 5.74) is 4.08. The minimum atomic E-state index is 0.0835. The number of carbonyl (C=O) groups is 1. The van der Waals surface area contributed by atoms with Crippen molar-refractivity contribution in [3.63, 3.8) is 0 Å². The standard InChI is InChI=1S/C30H30N4O/c35-29(34(26-14-6-2-7-15-26)27-16-8-3-9-17-27)24-32-20-22-33(23-21-32)30(25-12-4-1-5-13-25)28-18-10-11-19-31-28/h1-19,30H,20-24H2. The molecule has 1 atom stereocenters. The maximum absolute atomic E-state index is 13.5. The average molecular weight is 463 g/mol. The molecule has 1 saturated heterocycles. The number of hydrogen-bond donors (Lipinski definition) is 0. The van der Waals surface area contributed by atoms with Crippen molar-refractivity contribution in [1.82, 2.24) is 14.8 Å². The molecule has 1 fully saturated rings. The summed E-state index contributed by atoms with van der Waals surface area (Å²) in [4.78, 5) is 24.8. The number of aromatic nitrogens is 1. The molecule has 5 nitrogen and oxygen atoms in total. The third-order valence-electron chi connectivity index (χ3n) is 6.49. The zero-order valence-corrected chi connectivity index (χ0v) is 19.8. The molecular formula is C30H30N4O. The predicted octanol–water partition coefficient (Wildman–Crippen LogP) is 5.15. The van der Waals surface area contributed by atoms with Gasteiger partial charge in [-0.05, 0) is 42.0 Å². The molecule has 3 aromatic carbocycles. The minimum Gasteiger partial charge on any atom is -0.292 e. The molecule has 1 aliphatic heterocycles. The van der Waals surface area contributed by atoms with E-state index in [1.165, 1.54) is 5.56 Å². The van der Waals surface area contributed by atoms with Gasteiger partial charge in [-0.25, -0.2) is 0 Å². The average Bonchev–Trinajstić information content (AvgIpc) is 2.92. The molecule has 1 amide bonds. The summed E-state index contributed by atoms with van der Waals surface area (Å²) in [7, 11) is 0. The van der Waals surface area contributed by atoms with Crippen molar-refractivity contribution >= 4 is 17.3 Å². The number of piperazine rings is 1. The topological polar surface area (TPSA) is 39.7 Å². The summed E-state index contributed by atoms with van der Waals surface area (Å²) in [6.07, 6.45) is 1.86. The Bertz CT molecular complexity index is 1120. The first-order valence-electron chi connectivity index (χ1n) is 12.1. The molecule has 5 rings (SSSR count). The summed E-state index contributed by atoms with van der Waals surface area (Å²) in [5.74, 6) is 0.0835. The van der Waals surface area contributed by atoms with Crippen LogP contribution in [0, 0.1) is 0 Å². The smallest absolute Gasteiger partial charge is 0.245 e. The number of nitrogens with zero attached hydrogens (tertiary/aromatic N) is 4. The second kappa shape index (κ2) is 11.1. The summed E-state index contributed by atoms with van der Waals surface area (Å²) in [6.45, 7) is 3.80. The van der Waals surface area contributed by atoms with Crippen LogP contribution in [0.3, 0.4) is 0 Å². The highest BCUT2D eigenvalue weighted by atomic mass is 16.2. The normalized spacial score (nSPS) is 15.4. The predicted molar refractivity (Wildman–Crippen MR) is 141 cm³/mol. The molecule has 0 radical (unpaired) electrons. The van der Waals surface area contributed by atoms with Crippen molar-refractivity contribution in [1.29, 1.82) is 0 Å². The van der Waals surface area contributed by atoms with E-state index in [-0.39, 0.29) is 11.9 Å². The van der Waals surface area contributed by atoms with Gasteiger partial charge in [-0.2, -0.15) is 0 Å². The van der Waals surface area contributed by atoms with Gasteiger partial charge in [0.25, 0.3) is 0 Å². The second-order valence-electron chi connectivity index (χ2n) is 8.78. The van der Waals surface area contributed by atoms with Crippen molar-refractivity contribution in [2.75, 3.05) is 37.6 Å². The minimum absolute atomic E-state index is 0.0835. The van der Waals surface area contributed by atoms with Crippen LogP contribution in [0.4, 0.5) is 11.4 Å². The molecule has 1 unspecified atom stereocenters. The fourth-order valence-electron chi connectivity index (χ4n) is 4.77. The number of benzene rings is 3. The molecule has 4 aromatic rings. The number of carbonyl (C=O) groups excluding carboxylic acids is 1. The zero-order valence-electron chi connectivity index (χ0n) is 19.8. The lowest BCUT2D eigenvalue weighted by atomic mass is 10.0. The molecule has 35 heavy (non-hydrogen) atoms. The number of para-hydroxylation sites is 2. The van der Waals surface area contributed by atoms with Gasteiger partial charge >= 0.3 is 0 Å². The quantitative estimate of drug-likeness (QED) is 0.381. The molecule has 176 valence electrons. The monoisotopic (exact) mass is 462 g/mol. The molecule has 1 aromatic heterocycles. The molecule has 0 bridgehead atoms. The first-order valence-corrected chi connectivity index (χ1v) is 12.1. The van der Waals surface area contributed by atoms with Gasteiger partial charge in [0.2, 0.25) is 5.91 Å². The Morgan fingerprint density at radius 1 is 0.714 bits per heavy atom. The van der Waals surface area contributed by atoms with Crippen LogP contribution in [0.1, 0.15) is 17.3 Å². The van der Waals surface area contributed by atoms with Gasteiger partial charge < -0.3 is 0 Å². The van der Waals surface area contributed by atoms with Crippen LogP contribution in [0.5, 0.6) is 0 Å². The van der Waals surface area contributed by atoms with E-state index in [1.54, 1.807) is 0 Å². The van der Waals surface area contributed by atoms with E-state index in [2.05, 4.69) is 51.2 Å². The molecule has 0 saturated carbocycles. The van der Waals surface area contributed by atoms with Crippen LogP contribution >= 0.6 is 0 Å². The summed E-state index contributed by atoms with van der Waals surface area (Å²) >= 11 is 0. The van der Waals surface area contributed by atoms with E-state index in [0.29, 0.717) is 6.54 Å². The van der Waals surface area contributed by atoms with Gasteiger partial charge in [0, 0.05) is 43.8 Å². The van der Waals surface area contributed by atoms with Gasteiger partial charge in [0.1, 0.15) is 0 Å². The molecule has 0 spiro atoms. The molecule has 1 aliphatic rings. The number of hydrogen-bond acceptors (Lipinski definition) is 4. The maximum Gasteiger partial charge on any atom is 0.245 e. The SMILES string of the molecule is O=C(CN1CCN(C(c2ccccc2)c2ccccn2)CC1)N(c1ccccc1)c1ccccc1. The highest BCUT2D eigenvalue weighted by Gasteiger charge is 2.29. The van der Waals surface area contributed by atoms with Crippen molar-refractivity contribution in [3.05, 3.63) is 127 Å². The lowest BCUT2D eigenvalue weighted by Crippen LogP contribution is -2.50. The number of anilines is 2. The van der Waals surface area contributed by atoms with E-state index >= 15 is 0 Å². The number of amides is 1. The van der Waals surface area contributed by atoms with Crippen LogP contribution in [-0.4, -0.2) is 53.4 Å². The van der Waals surface area contributed by atoms with Crippen molar-refractivity contribution in [2.45, 2.75) is 6.04 Å². The highest BCUT2D eigenvalue weighted by molar-refractivity contribution is 6.01. The highest BCUT2D eigenvalue weighted by Crippen LogP contribution is 2.29. The van der Waals surface area contributed by atoms with Crippen LogP contribution in [0.2, 0.25) is 0 Å². The molecular weight excluding hydrogens is 432 g/mol. The molecule has 0 N–H and O–H groups in total. The maximum atomic E-state index is 13.5. The Labute approximate surface area is 207 Å². The first-order chi connectivity index (χ1) is 17.3. The second-order valence-corrected chi connectivity index (χ2v) is 8.78. The van der Waals surface area contributed by atoms with Gasteiger partial charge in [-0.3, -0.25) is 24.5 Å². The fraction of sp³-hybridized carbons (Fsp3) is 0.200. The molecule has 0 aliphatic carbocycles. The Kier molecular flexibility index (Phi) is 7.27. The van der Waals surface area contributed by atoms with E-state index in [1.807, 2.05) is 83.9 Å². The van der Waals surface area contributed by atoms with E-state index in [9.17, 15) is 4.79 Å². The third-order valence-corrected chi connectivity index (χ3v) is 6.49. The van der Waals surface area contributed by atoms with Crippen molar-refractivity contribution in [3.8, 4) is 0 Å². The van der Waals surface area contributed by atoms with Gasteiger partial charge in [-0.15, -0.1) is 0 Å². The van der Waals surface area contributed by atoms with Crippen molar-refractivity contribution < 1.29 is 4.79 Å². The lowest BCUT2D eigenvalue weighted by Gasteiger charge is -2.39. The summed E-state index contributed by atoms with van der Waals surface area (Å²) in [6, 6.07) is 36.6. The lowest BCUT2D eigenvalue weighted by molar-refractivity contribution is -0.119. The summed E-state index contributed by atoms with van der Waals surface area (Å²) < 4.78 is 0. The molecule has 2 heterocycles. The van der Waals surface area contributed by atoms with Crippen LogP contribution in [0.25, 0.3) is 0 Å². The Balaban J connectivity index is 1.29. The number of pyridine rings is 1. The van der Waals surface area contributed by atoms with Gasteiger partial charge in [-0.1, -0.05) is 72.8 Å². The third kappa shape index (κ3) is 5.48. The largest absolute Gasteiger partial charge is 0.292 e. The Morgan fingerprint density at radius 3 is 1.80 bits per heavy atom. The zero-order chi connectivity index (χ0) is 23.9. The van der Waals surface area contributed by atoms with E-state index in [0.717, 1.165) is 43.2 Å².